The molecule has 0 radical (unpaired) electrons. The summed E-state index contributed by atoms with van der Waals surface area (Å²) in [5, 5.41) is 11.8. The van der Waals surface area contributed by atoms with E-state index in [9.17, 15) is 14.4 Å². The molecule has 0 aromatic heterocycles. The topological polar surface area (TPSA) is 105 Å². The van der Waals surface area contributed by atoms with Gasteiger partial charge in [-0.3, -0.25) is 0 Å². The van der Waals surface area contributed by atoms with Crippen molar-refractivity contribution in [2.24, 2.45) is 0 Å². The third-order valence-corrected chi connectivity index (χ3v) is 4.56. The standard InChI is InChI=1S/C25H32N2O6/c1-25(2,3)33-23(30)26-15-7-8-16-27(17-19-11-13-21(14-12-19)22(28)29)24(31)32-18-20-9-5-4-6-10-20/h4-6,9-14H,7-8,15-18H2,1-3H3,(H,26,30)(H,28,29). The molecule has 0 heterocycles. The SMILES string of the molecule is CC(C)(C)OC(=O)NCCCCN(Cc1ccc(C(=O)O)cc1)C(=O)OCc1ccccc1. The zero-order valence-electron chi connectivity index (χ0n) is 19.4. The minimum atomic E-state index is -1.00. The minimum Gasteiger partial charge on any atom is -0.478 e. The van der Waals surface area contributed by atoms with Crippen LogP contribution in [0.4, 0.5) is 9.59 Å². The summed E-state index contributed by atoms with van der Waals surface area (Å²) in [6.45, 7) is 6.69. The number of benzene rings is 2. The van der Waals surface area contributed by atoms with E-state index < -0.39 is 23.8 Å². The van der Waals surface area contributed by atoms with E-state index in [2.05, 4.69) is 5.32 Å². The van der Waals surface area contributed by atoms with Gasteiger partial charge >= 0.3 is 18.2 Å². The lowest BCUT2D eigenvalue weighted by atomic mass is 10.1. The molecule has 2 amide bonds. The summed E-state index contributed by atoms with van der Waals surface area (Å²) in [4.78, 5) is 37.1. The Kier molecular flexibility index (Phi) is 9.72. The average Bonchev–Trinajstić information content (AvgIpc) is 2.76. The molecule has 2 N–H and O–H groups in total. The fraction of sp³-hybridized carbons (Fsp3) is 0.400. The number of unbranched alkanes of at least 4 members (excludes halogenated alkanes) is 1. The van der Waals surface area contributed by atoms with Gasteiger partial charge in [0.05, 0.1) is 5.56 Å². The maximum atomic E-state index is 12.7. The predicted molar refractivity (Wildman–Crippen MR) is 124 cm³/mol. The Bertz CT molecular complexity index is 907. The second-order valence-corrected chi connectivity index (χ2v) is 8.60. The number of carboxylic acids is 1. The molecule has 2 aromatic carbocycles. The first kappa shape index (κ1) is 25.7. The number of aromatic carboxylic acids is 1. The van der Waals surface area contributed by atoms with Gasteiger partial charge in [-0.15, -0.1) is 0 Å². The van der Waals surface area contributed by atoms with Crippen molar-refractivity contribution < 1.29 is 29.0 Å². The summed E-state index contributed by atoms with van der Waals surface area (Å²) in [6, 6.07) is 15.8. The summed E-state index contributed by atoms with van der Waals surface area (Å²) in [6.07, 6.45) is 0.365. The van der Waals surface area contributed by atoms with E-state index in [0.29, 0.717) is 25.9 Å². The smallest absolute Gasteiger partial charge is 0.410 e. The van der Waals surface area contributed by atoms with Crippen LogP contribution in [-0.4, -0.2) is 46.9 Å². The first-order valence-corrected chi connectivity index (χ1v) is 10.9. The normalized spacial score (nSPS) is 10.9. The lowest BCUT2D eigenvalue weighted by Crippen LogP contribution is -2.34. The number of hydrogen-bond donors (Lipinski definition) is 2. The maximum absolute atomic E-state index is 12.7. The molecule has 0 saturated heterocycles. The Morgan fingerprint density at radius 3 is 2.21 bits per heavy atom. The van der Waals surface area contributed by atoms with Gasteiger partial charge in [-0.2, -0.15) is 0 Å². The van der Waals surface area contributed by atoms with E-state index in [1.54, 1.807) is 37.8 Å². The van der Waals surface area contributed by atoms with Gasteiger partial charge in [0, 0.05) is 19.6 Å². The number of nitrogens with one attached hydrogen (secondary N) is 1. The number of carboxylic acid groups (broad SMARTS) is 1. The molecule has 0 aliphatic carbocycles. The predicted octanol–water partition coefficient (Wildman–Crippen LogP) is 4.83. The molecule has 0 fully saturated rings. The van der Waals surface area contributed by atoms with Crippen LogP contribution >= 0.6 is 0 Å². The van der Waals surface area contributed by atoms with Crippen LogP contribution in [0.15, 0.2) is 54.6 Å². The largest absolute Gasteiger partial charge is 0.478 e. The Balaban J connectivity index is 1.91. The third-order valence-electron chi connectivity index (χ3n) is 4.56. The Labute approximate surface area is 194 Å². The summed E-state index contributed by atoms with van der Waals surface area (Å²) < 4.78 is 10.7. The quantitative estimate of drug-likeness (QED) is 0.496. The van der Waals surface area contributed by atoms with Gasteiger partial charge < -0.3 is 24.8 Å². The molecule has 0 saturated carbocycles. The highest BCUT2D eigenvalue weighted by Crippen LogP contribution is 2.12. The van der Waals surface area contributed by atoms with E-state index in [0.717, 1.165) is 11.1 Å². The van der Waals surface area contributed by atoms with Crippen molar-refractivity contribution in [2.75, 3.05) is 13.1 Å². The number of hydrogen-bond acceptors (Lipinski definition) is 5. The van der Waals surface area contributed by atoms with Gasteiger partial charge in [0.15, 0.2) is 0 Å². The lowest BCUT2D eigenvalue weighted by molar-refractivity contribution is 0.0524. The number of carbonyl (C=O) groups excluding carboxylic acids is 2. The van der Waals surface area contributed by atoms with Crippen molar-refractivity contribution in [3.8, 4) is 0 Å². The van der Waals surface area contributed by atoms with Gasteiger partial charge in [-0.05, 0) is 56.9 Å². The van der Waals surface area contributed by atoms with E-state index >= 15 is 0 Å². The fourth-order valence-electron chi connectivity index (χ4n) is 2.95. The summed E-state index contributed by atoms with van der Waals surface area (Å²) in [5.41, 5.74) is 1.31. The second kappa shape index (κ2) is 12.5. The highest BCUT2D eigenvalue weighted by molar-refractivity contribution is 5.87. The number of ether oxygens (including phenoxy) is 2. The van der Waals surface area contributed by atoms with Crippen molar-refractivity contribution in [3.63, 3.8) is 0 Å². The maximum Gasteiger partial charge on any atom is 0.410 e. The van der Waals surface area contributed by atoms with Crippen LogP contribution in [0.3, 0.4) is 0 Å². The van der Waals surface area contributed by atoms with Crippen molar-refractivity contribution in [2.45, 2.75) is 52.4 Å². The van der Waals surface area contributed by atoms with E-state index in [1.165, 1.54) is 12.1 Å². The van der Waals surface area contributed by atoms with Crippen molar-refractivity contribution in [1.82, 2.24) is 10.2 Å². The van der Waals surface area contributed by atoms with Gasteiger partial charge in [0.25, 0.3) is 0 Å². The molecule has 0 aliphatic heterocycles. The van der Waals surface area contributed by atoms with Crippen LogP contribution in [0, 0.1) is 0 Å². The molecule has 2 rings (SSSR count). The van der Waals surface area contributed by atoms with Crippen molar-refractivity contribution >= 4 is 18.2 Å². The molecule has 8 nitrogen and oxygen atoms in total. The minimum absolute atomic E-state index is 0.161. The van der Waals surface area contributed by atoms with Crippen LogP contribution in [0.1, 0.15) is 55.1 Å². The first-order chi connectivity index (χ1) is 15.6. The molecule has 33 heavy (non-hydrogen) atoms. The van der Waals surface area contributed by atoms with Crippen LogP contribution in [0.25, 0.3) is 0 Å². The highest BCUT2D eigenvalue weighted by Gasteiger charge is 2.17. The van der Waals surface area contributed by atoms with Crippen molar-refractivity contribution in [3.05, 3.63) is 71.3 Å². The molecule has 0 bridgehead atoms. The van der Waals surface area contributed by atoms with Crippen molar-refractivity contribution in [1.29, 1.82) is 0 Å². The zero-order valence-corrected chi connectivity index (χ0v) is 19.4. The average molecular weight is 457 g/mol. The molecular formula is C25H32N2O6. The molecule has 0 spiro atoms. The molecule has 0 aliphatic rings. The molecule has 8 heteroatoms. The monoisotopic (exact) mass is 456 g/mol. The van der Waals surface area contributed by atoms with E-state index in [1.807, 2.05) is 30.3 Å². The van der Waals surface area contributed by atoms with E-state index in [-0.39, 0.29) is 18.7 Å². The molecular weight excluding hydrogens is 424 g/mol. The Morgan fingerprint density at radius 1 is 0.939 bits per heavy atom. The number of carbonyl (C=O) groups is 3. The number of amides is 2. The van der Waals surface area contributed by atoms with Crippen LogP contribution in [-0.2, 0) is 22.6 Å². The van der Waals surface area contributed by atoms with Gasteiger partial charge in [-0.25, -0.2) is 14.4 Å². The second-order valence-electron chi connectivity index (χ2n) is 8.60. The third kappa shape index (κ3) is 10.1. The van der Waals surface area contributed by atoms with Crippen LogP contribution in [0.5, 0.6) is 0 Å². The lowest BCUT2D eigenvalue weighted by Gasteiger charge is -2.23. The number of alkyl carbamates (subject to hydrolysis) is 1. The van der Waals surface area contributed by atoms with Gasteiger partial charge in [0.2, 0.25) is 0 Å². The highest BCUT2D eigenvalue weighted by atomic mass is 16.6. The fourth-order valence-corrected chi connectivity index (χ4v) is 2.95. The summed E-state index contributed by atoms with van der Waals surface area (Å²) in [7, 11) is 0. The molecule has 178 valence electrons. The molecule has 2 aromatic rings. The Hall–Kier alpha value is -3.55. The van der Waals surface area contributed by atoms with Gasteiger partial charge in [0.1, 0.15) is 12.2 Å². The zero-order chi connectivity index (χ0) is 24.3. The van der Waals surface area contributed by atoms with Crippen LogP contribution < -0.4 is 5.32 Å². The summed E-state index contributed by atoms with van der Waals surface area (Å²) in [5.74, 6) is -1.00. The molecule has 0 atom stereocenters. The Morgan fingerprint density at radius 2 is 1.61 bits per heavy atom. The number of nitrogens with zero attached hydrogens (tertiary/aromatic N) is 1. The molecule has 0 unspecified atom stereocenters. The number of rotatable bonds is 10. The summed E-state index contributed by atoms with van der Waals surface area (Å²) >= 11 is 0. The van der Waals surface area contributed by atoms with E-state index in [4.69, 9.17) is 14.6 Å². The van der Waals surface area contributed by atoms with Crippen LogP contribution in [0.2, 0.25) is 0 Å². The first-order valence-electron chi connectivity index (χ1n) is 10.9. The van der Waals surface area contributed by atoms with Gasteiger partial charge in [-0.1, -0.05) is 42.5 Å².